The normalized spacial score (nSPS) is 26.9. The number of aromatic nitrogens is 1. The van der Waals surface area contributed by atoms with Crippen LogP contribution in [0.25, 0.3) is 17.2 Å². The number of carbonyl (C=O) groups excluding carboxylic acids is 1. The van der Waals surface area contributed by atoms with Crippen molar-refractivity contribution in [2.75, 3.05) is 7.11 Å². The van der Waals surface area contributed by atoms with Gasteiger partial charge in [-0.1, -0.05) is 18.9 Å². The van der Waals surface area contributed by atoms with Crippen LogP contribution in [-0.2, 0) is 9.53 Å². The van der Waals surface area contributed by atoms with Crippen molar-refractivity contribution >= 4 is 29.0 Å². The van der Waals surface area contributed by atoms with Crippen LogP contribution in [0.3, 0.4) is 0 Å². The highest BCUT2D eigenvalue weighted by molar-refractivity contribution is 6.15. The minimum absolute atomic E-state index is 0.162. The van der Waals surface area contributed by atoms with Crippen LogP contribution >= 0.6 is 0 Å². The van der Waals surface area contributed by atoms with Crippen LogP contribution in [0.2, 0.25) is 0 Å². The summed E-state index contributed by atoms with van der Waals surface area (Å²) in [5, 5.41) is 5.91. The Bertz CT molecular complexity index is 871. The Balaban J connectivity index is 1.50. The van der Waals surface area contributed by atoms with E-state index in [9.17, 15) is 4.79 Å². The quantitative estimate of drug-likeness (QED) is 0.653. The van der Waals surface area contributed by atoms with Gasteiger partial charge in [0.1, 0.15) is 11.2 Å². The molecule has 1 saturated heterocycles. The number of aliphatic imine (C=N–C) groups is 1. The van der Waals surface area contributed by atoms with E-state index in [1.165, 1.54) is 6.39 Å². The number of ether oxygens (including phenoxy) is 1. The van der Waals surface area contributed by atoms with Gasteiger partial charge in [0.05, 0.1) is 12.1 Å². The van der Waals surface area contributed by atoms with E-state index < -0.39 is 0 Å². The van der Waals surface area contributed by atoms with Crippen LogP contribution in [0, 0.1) is 0 Å². The molecule has 0 unspecified atom stereocenters. The highest BCUT2D eigenvalue weighted by Crippen LogP contribution is 2.23. The Hall–Kier alpha value is -2.67. The number of methoxy groups -OCH3 is 1. The molecule has 2 atom stereocenters. The molecule has 26 heavy (non-hydrogen) atoms. The molecule has 1 aromatic heterocycles. The zero-order valence-corrected chi connectivity index (χ0v) is 14.7. The number of oxazole rings is 1. The fraction of sp³-hybridized carbons (Fsp3) is 0.421. The maximum absolute atomic E-state index is 12.2. The zero-order chi connectivity index (χ0) is 17.9. The minimum Gasteiger partial charge on any atom is -0.443 e. The molecule has 2 aliphatic rings. The molecule has 4 rings (SSSR count). The van der Waals surface area contributed by atoms with Crippen molar-refractivity contribution in [3.05, 3.63) is 35.9 Å². The number of fused-ring (bicyclic) bond motifs is 1. The molecule has 0 radical (unpaired) electrons. The minimum atomic E-state index is -0.182. The van der Waals surface area contributed by atoms with Gasteiger partial charge in [0.2, 0.25) is 5.96 Å². The molecular formula is C19H22N4O3. The lowest BCUT2D eigenvalue weighted by atomic mass is 10.1. The summed E-state index contributed by atoms with van der Waals surface area (Å²) in [6, 6.07) is 5.78. The molecule has 0 spiro atoms. The van der Waals surface area contributed by atoms with Crippen LogP contribution in [0.15, 0.2) is 39.7 Å². The van der Waals surface area contributed by atoms with Crippen molar-refractivity contribution in [2.24, 2.45) is 4.99 Å². The van der Waals surface area contributed by atoms with Gasteiger partial charge in [-0.15, -0.1) is 0 Å². The second-order valence-electron chi connectivity index (χ2n) is 6.73. The van der Waals surface area contributed by atoms with Gasteiger partial charge in [-0.05, 0) is 43.0 Å². The van der Waals surface area contributed by atoms with Crippen LogP contribution in [0.1, 0.15) is 37.7 Å². The van der Waals surface area contributed by atoms with E-state index in [1.807, 2.05) is 18.2 Å². The van der Waals surface area contributed by atoms with Gasteiger partial charge >= 0.3 is 0 Å². The predicted molar refractivity (Wildman–Crippen MR) is 98.4 cm³/mol. The van der Waals surface area contributed by atoms with Crippen molar-refractivity contribution in [1.29, 1.82) is 0 Å². The first-order valence-electron chi connectivity index (χ1n) is 8.95. The number of nitrogens with zero attached hydrogens (tertiary/aromatic N) is 2. The van der Waals surface area contributed by atoms with Crippen LogP contribution in [0.5, 0.6) is 0 Å². The van der Waals surface area contributed by atoms with Gasteiger partial charge in [0.15, 0.2) is 12.0 Å². The largest absolute Gasteiger partial charge is 0.443 e. The molecular weight excluding hydrogens is 332 g/mol. The Morgan fingerprint density at radius 3 is 3.08 bits per heavy atom. The fourth-order valence-corrected chi connectivity index (χ4v) is 3.49. The lowest BCUT2D eigenvalue weighted by Gasteiger charge is -2.15. The average Bonchev–Trinajstić information content (AvgIpc) is 3.15. The second-order valence-corrected chi connectivity index (χ2v) is 6.73. The van der Waals surface area contributed by atoms with Gasteiger partial charge in [0.25, 0.3) is 5.91 Å². The zero-order valence-electron chi connectivity index (χ0n) is 14.7. The van der Waals surface area contributed by atoms with Crippen molar-refractivity contribution in [3.63, 3.8) is 0 Å². The smallest absolute Gasteiger partial charge is 0.274 e. The molecule has 2 aromatic rings. The standard InChI is InChI=1S/C19H22N4O3/c1-25-14-5-3-2-4-13(10-14)21-19-22-16(18(24)23-19)8-12-6-7-15-17(9-12)26-11-20-15/h6-9,11,13-14H,2-5,10H2,1H3,(H2,21,22,23,24)/b16-8-/t13-,14+/m0/s1. The third-order valence-corrected chi connectivity index (χ3v) is 4.89. The van der Waals surface area contributed by atoms with Crippen molar-refractivity contribution in [3.8, 4) is 0 Å². The van der Waals surface area contributed by atoms with Crippen LogP contribution in [-0.4, -0.2) is 36.1 Å². The molecule has 2 N–H and O–H groups in total. The summed E-state index contributed by atoms with van der Waals surface area (Å²) in [5.41, 5.74) is 2.82. The molecule has 1 aliphatic carbocycles. The monoisotopic (exact) mass is 354 g/mol. The predicted octanol–water partition coefficient (Wildman–Crippen LogP) is 2.59. The molecule has 1 amide bonds. The molecule has 7 heteroatoms. The summed E-state index contributed by atoms with van der Waals surface area (Å²) in [4.78, 5) is 21.0. The maximum Gasteiger partial charge on any atom is 0.274 e. The summed E-state index contributed by atoms with van der Waals surface area (Å²) in [7, 11) is 1.75. The number of carbonyl (C=O) groups is 1. The lowest BCUT2D eigenvalue weighted by molar-refractivity contribution is -0.115. The number of rotatable bonds is 3. The Morgan fingerprint density at radius 1 is 1.31 bits per heavy atom. The van der Waals surface area contributed by atoms with Gasteiger partial charge < -0.3 is 14.5 Å². The van der Waals surface area contributed by atoms with Gasteiger partial charge in [-0.25, -0.2) is 9.98 Å². The van der Waals surface area contributed by atoms with E-state index in [-0.39, 0.29) is 18.1 Å². The van der Waals surface area contributed by atoms with Crippen molar-refractivity contribution < 1.29 is 13.9 Å². The number of hydrogen-bond acceptors (Lipinski definition) is 5. The van der Waals surface area contributed by atoms with Gasteiger partial charge in [-0.3, -0.25) is 10.1 Å². The molecule has 136 valence electrons. The van der Waals surface area contributed by atoms with Crippen LogP contribution < -0.4 is 10.6 Å². The number of hydrogen-bond donors (Lipinski definition) is 2. The molecule has 1 aromatic carbocycles. The highest BCUT2D eigenvalue weighted by atomic mass is 16.5. The number of amides is 1. The first-order valence-corrected chi connectivity index (χ1v) is 8.95. The number of guanidine groups is 1. The Kier molecular flexibility index (Phi) is 4.71. The summed E-state index contributed by atoms with van der Waals surface area (Å²) >= 11 is 0. The van der Waals surface area contributed by atoms with E-state index in [0.717, 1.165) is 43.2 Å². The highest BCUT2D eigenvalue weighted by Gasteiger charge is 2.25. The van der Waals surface area contributed by atoms with Crippen molar-refractivity contribution in [1.82, 2.24) is 15.6 Å². The number of benzene rings is 1. The maximum atomic E-state index is 12.2. The first kappa shape index (κ1) is 16.8. The molecule has 2 fully saturated rings. The lowest BCUT2D eigenvalue weighted by Crippen LogP contribution is -2.28. The van der Waals surface area contributed by atoms with E-state index >= 15 is 0 Å². The Morgan fingerprint density at radius 2 is 2.19 bits per heavy atom. The molecule has 0 bridgehead atoms. The molecule has 1 aliphatic heterocycles. The average molecular weight is 354 g/mol. The Labute approximate surface area is 151 Å². The molecule has 7 nitrogen and oxygen atoms in total. The van der Waals surface area contributed by atoms with Gasteiger partial charge in [0, 0.05) is 7.11 Å². The van der Waals surface area contributed by atoms with Crippen molar-refractivity contribution in [2.45, 2.75) is 44.2 Å². The summed E-state index contributed by atoms with van der Waals surface area (Å²) in [6.07, 6.45) is 8.71. The van der Waals surface area contributed by atoms with E-state index in [1.54, 1.807) is 13.2 Å². The fourth-order valence-electron chi connectivity index (χ4n) is 3.49. The third-order valence-electron chi connectivity index (χ3n) is 4.89. The molecule has 1 saturated carbocycles. The first-order chi connectivity index (χ1) is 12.7. The summed E-state index contributed by atoms with van der Waals surface area (Å²) in [6.45, 7) is 0. The van der Waals surface area contributed by atoms with E-state index in [0.29, 0.717) is 17.2 Å². The van der Waals surface area contributed by atoms with Crippen LogP contribution in [0.4, 0.5) is 0 Å². The molecule has 2 heterocycles. The van der Waals surface area contributed by atoms with E-state index in [4.69, 9.17) is 14.1 Å². The van der Waals surface area contributed by atoms with E-state index in [2.05, 4.69) is 15.6 Å². The topological polar surface area (TPSA) is 88.8 Å². The second kappa shape index (κ2) is 7.29. The number of nitrogens with one attached hydrogen (secondary N) is 2. The third kappa shape index (κ3) is 3.62. The van der Waals surface area contributed by atoms with Gasteiger partial charge in [-0.2, -0.15) is 0 Å². The summed E-state index contributed by atoms with van der Waals surface area (Å²) in [5.74, 6) is 0.335. The SMILES string of the molecule is CO[C@@H]1CCCC[C@H](N=C2NC(=O)/C(=C/c3ccc4ncoc4c3)N2)C1. The summed E-state index contributed by atoms with van der Waals surface area (Å²) < 4.78 is 10.8.